The zero-order valence-electron chi connectivity index (χ0n) is 19.8. The van der Waals surface area contributed by atoms with Crippen molar-refractivity contribution in [3.63, 3.8) is 0 Å². The fourth-order valence-corrected chi connectivity index (χ4v) is 5.29. The van der Waals surface area contributed by atoms with Crippen LogP contribution in [0.25, 0.3) is 21.8 Å². The largest absolute Gasteiger partial charge is 0.340 e. The Morgan fingerprint density at radius 1 is 1.06 bits per heavy atom. The van der Waals surface area contributed by atoms with Crippen molar-refractivity contribution < 1.29 is 0 Å². The van der Waals surface area contributed by atoms with Crippen LogP contribution >= 0.6 is 39.1 Å². The van der Waals surface area contributed by atoms with Crippen LogP contribution in [0.15, 0.2) is 75.0 Å². The molecule has 3 aromatic carbocycles. The molecule has 182 valence electrons. The molecular weight excluding hydrogens is 559 g/mol. The van der Waals surface area contributed by atoms with E-state index in [1.807, 2.05) is 36.4 Å². The lowest BCUT2D eigenvalue weighted by atomic mass is 10.1. The minimum Gasteiger partial charge on any atom is -0.340 e. The van der Waals surface area contributed by atoms with Crippen LogP contribution in [0.5, 0.6) is 0 Å². The van der Waals surface area contributed by atoms with Gasteiger partial charge in [-0.05, 0) is 55.3 Å². The number of aryl methyl sites for hydroxylation is 1. The van der Waals surface area contributed by atoms with Gasteiger partial charge in [-0.3, -0.25) is 4.79 Å². The van der Waals surface area contributed by atoms with Gasteiger partial charge in [0.1, 0.15) is 5.82 Å². The zero-order valence-corrected chi connectivity index (χ0v) is 22.9. The first-order valence-electron chi connectivity index (χ1n) is 11.6. The third kappa shape index (κ3) is 4.61. The van der Waals surface area contributed by atoms with Gasteiger partial charge < -0.3 is 4.57 Å². The molecule has 8 heteroatoms. The summed E-state index contributed by atoms with van der Waals surface area (Å²) in [6.45, 7) is 4.70. The minimum absolute atomic E-state index is 0.185. The molecule has 0 radical (unpaired) electrons. The number of hydrogen-bond donors (Lipinski definition) is 0. The van der Waals surface area contributed by atoms with Gasteiger partial charge in [-0.1, -0.05) is 70.3 Å². The van der Waals surface area contributed by atoms with E-state index in [1.165, 1.54) is 4.68 Å². The third-order valence-corrected chi connectivity index (χ3v) is 7.35. The molecule has 0 aliphatic carbocycles. The first kappa shape index (κ1) is 24.8. The fourth-order valence-electron chi connectivity index (χ4n) is 4.46. The first-order valence-corrected chi connectivity index (χ1v) is 13.2. The molecule has 2 aromatic heterocycles. The van der Waals surface area contributed by atoms with E-state index in [9.17, 15) is 4.79 Å². The van der Waals surface area contributed by atoms with Crippen molar-refractivity contribution in [2.75, 3.05) is 0 Å². The second kappa shape index (κ2) is 10.2. The molecule has 2 heterocycles. The van der Waals surface area contributed by atoms with Crippen molar-refractivity contribution in [3.8, 4) is 0 Å². The van der Waals surface area contributed by atoms with E-state index in [4.69, 9.17) is 28.2 Å². The van der Waals surface area contributed by atoms with Gasteiger partial charge in [-0.15, -0.1) is 0 Å². The number of nitrogens with zero attached hydrogens (tertiary/aromatic N) is 4. The highest BCUT2D eigenvalue weighted by molar-refractivity contribution is 9.10. The summed E-state index contributed by atoms with van der Waals surface area (Å²) in [4.78, 5) is 18.2. The van der Waals surface area contributed by atoms with Crippen LogP contribution in [0.2, 0.25) is 10.0 Å². The molecule has 36 heavy (non-hydrogen) atoms. The smallest absolute Gasteiger partial charge is 0.282 e. The summed E-state index contributed by atoms with van der Waals surface area (Å²) in [5.41, 5.74) is 4.48. The highest BCUT2D eigenvalue weighted by Gasteiger charge is 2.15. The molecule has 0 aliphatic rings. The number of rotatable bonds is 6. The van der Waals surface area contributed by atoms with E-state index < -0.39 is 0 Å². The molecule has 0 atom stereocenters. The Morgan fingerprint density at radius 2 is 1.86 bits per heavy atom. The Bertz CT molecular complexity index is 1700. The highest BCUT2D eigenvalue weighted by atomic mass is 79.9. The van der Waals surface area contributed by atoms with Crippen molar-refractivity contribution in [1.29, 1.82) is 0 Å². The molecule has 0 saturated carbocycles. The van der Waals surface area contributed by atoms with Gasteiger partial charge in [0, 0.05) is 49.6 Å². The minimum atomic E-state index is -0.185. The average molecular weight is 582 g/mol. The number of fused-ring (bicyclic) bond motifs is 2. The van der Waals surface area contributed by atoms with E-state index in [-0.39, 0.29) is 5.56 Å². The van der Waals surface area contributed by atoms with Crippen LogP contribution in [0.1, 0.15) is 36.0 Å². The summed E-state index contributed by atoms with van der Waals surface area (Å²) in [6.07, 6.45) is 3.27. The molecule has 0 aliphatic heterocycles. The number of para-hydroxylation sites is 1. The van der Waals surface area contributed by atoms with E-state index in [0.29, 0.717) is 39.7 Å². The zero-order chi connectivity index (χ0) is 25.4. The monoisotopic (exact) mass is 580 g/mol. The van der Waals surface area contributed by atoms with E-state index in [2.05, 4.69) is 51.6 Å². The maximum Gasteiger partial charge on any atom is 0.282 e. The van der Waals surface area contributed by atoms with E-state index in [1.54, 1.807) is 18.3 Å². The van der Waals surface area contributed by atoms with E-state index in [0.717, 1.165) is 38.6 Å². The quantitative estimate of drug-likeness (QED) is 0.194. The average Bonchev–Trinajstić information content (AvgIpc) is 3.12. The van der Waals surface area contributed by atoms with Crippen molar-refractivity contribution in [3.05, 3.63) is 108 Å². The Morgan fingerprint density at radius 3 is 2.64 bits per heavy atom. The van der Waals surface area contributed by atoms with Crippen molar-refractivity contribution in [1.82, 2.24) is 14.2 Å². The van der Waals surface area contributed by atoms with Gasteiger partial charge in [0.05, 0.1) is 17.1 Å². The van der Waals surface area contributed by atoms with E-state index >= 15 is 0 Å². The third-order valence-electron chi connectivity index (χ3n) is 6.27. The van der Waals surface area contributed by atoms with Crippen molar-refractivity contribution in [2.45, 2.75) is 33.2 Å². The van der Waals surface area contributed by atoms with Gasteiger partial charge in [0.2, 0.25) is 0 Å². The molecule has 5 nitrogen and oxygen atoms in total. The Hall–Kier alpha value is -2.93. The SMILES string of the molecule is CCCc1nc2ccc(Br)cc2c(=O)n1N=Cc1c(C)n(Cc2ccc(Cl)cc2Cl)c2ccccc12. The predicted octanol–water partition coefficient (Wildman–Crippen LogP) is 7.61. The fraction of sp³-hybridized carbons (Fsp3) is 0.179. The summed E-state index contributed by atoms with van der Waals surface area (Å²) < 4.78 is 4.46. The second-order valence-electron chi connectivity index (χ2n) is 8.64. The van der Waals surface area contributed by atoms with Gasteiger partial charge in [0.25, 0.3) is 5.56 Å². The van der Waals surface area contributed by atoms with Crippen molar-refractivity contribution >= 4 is 67.2 Å². The van der Waals surface area contributed by atoms with Crippen LogP contribution in [0, 0.1) is 6.92 Å². The molecule has 0 N–H and O–H groups in total. The second-order valence-corrected chi connectivity index (χ2v) is 10.4. The molecule has 0 unspecified atom stereocenters. The maximum atomic E-state index is 13.4. The standard InChI is InChI=1S/C28H23BrCl2N4O/c1-3-6-27-33-25-12-10-19(29)13-22(25)28(36)35(27)32-15-23-17(2)34(26-8-5-4-7-21(23)26)16-18-9-11-20(30)14-24(18)31/h4-5,7-15H,3,6,16H2,1-2H3. The number of hydrogen-bond acceptors (Lipinski definition) is 3. The first-order chi connectivity index (χ1) is 17.4. The number of benzene rings is 3. The molecule has 0 amide bonds. The van der Waals surface area contributed by atoms with Crippen LogP contribution in [0.3, 0.4) is 0 Å². The molecule has 0 bridgehead atoms. The van der Waals surface area contributed by atoms with Gasteiger partial charge in [-0.25, -0.2) is 4.98 Å². The van der Waals surface area contributed by atoms with Gasteiger partial charge in [-0.2, -0.15) is 9.78 Å². The van der Waals surface area contributed by atoms with Crippen LogP contribution in [0.4, 0.5) is 0 Å². The lowest BCUT2D eigenvalue weighted by Gasteiger charge is -2.11. The normalized spacial score (nSPS) is 11.8. The highest BCUT2D eigenvalue weighted by Crippen LogP contribution is 2.28. The molecule has 0 fully saturated rings. The molecule has 5 rings (SSSR count). The lowest BCUT2D eigenvalue weighted by Crippen LogP contribution is -2.22. The molecular formula is C28H23BrCl2N4O. The predicted molar refractivity (Wildman–Crippen MR) is 153 cm³/mol. The topological polar surface area (TPSA) is 52.2 Å². The number of halogens is 3. The summed E-state index contributed by atoms with van der Waals surface area (Å²) in [5.74, 6) is 0.642. The van der Waals surface area contributed by atoms with Gasteiger partial charge >= 0.3 is 0 Å². The Balaban J connectivity index is 1.65. The summed E-state index contributed by atoms with van der Waals surface area (Å²) in [6, 6.07) is 19.2. The summed E-state index contributed by atoms with van der Waals surface area (Å²) in [5, 5.41) is 7.48. The Kier molecular flexibility index (Phi) is 7.02. The Labute approximate surface area is 227 Å². The lowest BCUT2D eigenvalue weighted by molar-refractivity contribution is 0.703. The van der Waals surface area contributed by atoms with Crippen molar-refractivity contribution in [2.24, 2.45) is 5.10 Å². The van der Waals surface area contributed by atoms with Crippen LogP contribution in [-0.2, 0) is 13.0 Å². The molecule has 0 spiro atoms. The van der Waals surface area contributed by atoms with Crippen LogP contribution < -0.4 is 5.56 Å². The number of aromatic nitrogens is 3. The molecule has 5 aromatic rings. The summed E-state index contributed by atoms with van der Waals surface area (Å²) in [7, 11) is 0. The summed E-state index contributed by atoms with van der Waals surface area (Å²) >= 11 is 16.0. The van der Waals surface area contributed by atoms with Gasteiger partial charge in [0.15, 0.2) is 0 Å². The molecule has 0 saturated heterocycles. The maximum absolute atomic E-state index is 13.4. The van der Waals surface area contributed by atoms with Crippen LogP contribution in [-0.4, -0.2) is 20.4 Å².